The number of H-pyrrole nitrogens is 1. The van der Waals surface area contributed by atoms with Crippen LogP contribution in [0, 0.1) is 6.92 Å². The number of carbonyl (C=O) groups is 1. The summed E-state index contributed by atoms with van der Waals surface area (Å²) in [5.74, 6) is 0.622. The van der Waals surface area contributed by atoms with Gasteiger partial charge < -0.3 is 15.0 Å². The molecule has 148 valence electrons. The summed E-state index contributed by atoms with van der Waals surface area (Å²) in [5.41, 5.74) is 4.69. The van der Waals surface area contributed by atoms with E-state index in [0.717, 1.165) is 33.5 Å². The Morgan fingerprint density at radius 1 is 1.21 bits per heavy atom. The van der Waals surface area contributed by atoms with Crippen molar-refractivity contribution in [1.29, 1.82) is 0 Å². The van der Waals surface area contributed by atoms with Gasteiger partial charge in [-0.05, 0) is 42.3 Å². The topological polar surface area (TPSA) is 71.9 Å². The van der Waals surface area contributed by atoms with E-state index in [1.807, 2.05) is 56.6 Å². The van der Waals surface area contributed by atoms with Crippen molar-refractivity contribution in [2.24, 2.45) is 7.05 Å². The molecule has 1 atom stereocenters. The number of carbonyl (C=O) groups excluding carboxylic acids is 1. The lowest BCUT2D eigenvalue weighted by Gasteiger charge is -2.18. The van der Waals surface area contributed by atoms with Crippen molar-refractivity contribution in [2.75, 3.05) is 13.7 Å². The maximum atomic E-state index is 12.7. The molecule has 0 radical (unpaired) electrons. The Labute approximate surface area is 169 Å². The quantitative estimate of drug-likeness (QED) is 0.528. The Morgan fingerprint density at radius 2 is 1.97 bits per heavy atom. The third-order valence-electron chi connectivity index (χ3n) is 5.33. The monoisotopic (exact) mass is 388 g/mol. The van der Waals surface area contributed by atoms with Crippen LogP contribution in [-0.2, 0) is 7.05 Å². The fourth-order valence-electron chi connectivity index (χ4n) is 3.58. The van der Waals surface area contributed by atoms with Crippen LogP contribution in [0.4, 0.5) is 0 Å². The fourth-order valence-corrected chi connectivity index (χ4v) is 3.58. The van der Waals surface area contributed by atoms with E-state index in [1.165, 1.54) is 0 Å². The molecule has 2 aromatic heterocycles. The van der Waals surface area contributed by atoms with E-state index in [0.29, 0.717) is 12.2 Å². The molecular weight excluding hydrogens is 364 g/mol. The van der Waals surface area contributed by atoms with Crippen LogP contribution in [0.5, 0.6) is 5.75 Å². The van der Waals surface area contributed by atoms with Gasteiger partial charge in [-0.15, -0.1) is 0 Å². The minimum absolute atomic E-state index is 0.00850. The second-order valence-corrected chi connectivity index (χ2v) is 7.12. The summed E-state index contributed by atoms with van der Waals surface area (Å²) in [5, 5.41) is 8.49. The van der Waals surface area contributed by atoms with Gasteiger partial charge in [0.25, 0.3) is 5.91 Å². The van der Waals surface area contributed by atoms with Crippen LogP contribution in [0.25, 0.3) is 10.9 Å². The normalized spacial score (nSPS) is 12.1. The molecule has 0 aliphatic carbocycles. The number of benzene rings is 2. The molecule has 0 fully saturated rings. The van der Waals surface area contributed by atoms with Crippen molar-refractivity contribution in [3.05, 3.63) is 83.3 Å². The van der Waals surface area contributed by atoms with Gasteiger partial charge in [0.2, 0.25) is 0 Å². The average molecular weight is 388 g/mol. The maximum Gasteiger partial charge on any atom is 0.271 e. The number of methoxy groups -OCH3 is 1. The van der Waals surface area contributed by atoms with E-state index in [-0.39, 0.29) is 11.8 Å². The second-order valence-electron chi connectivity index (χ2n) is 7.12. The Hall–Kier alpha value is -3.54. The molecule has 2 aromatic carbocycles. The lowest BCUT2D eigenvalue weighted by atomic mass is 9.90. The maximum absolute atomic E-state index is 12.7. The molecule has 0 saturated heterocycles. The molecule has 1 amide bonds. The molecule has 1 unspecified atom stereocenters. The van der Waals surface area contributed by atoms with Crippen molar-refractivity contribution in [1.82, 2.24) is 20.1 Å². The van der Waals surface area contributed by atoms with Gasteiger partial charge in [0.15, 0.2) is 0 Å². The summed E-state index contributed by atoms with van der Waals surface area (Å²) >= 11 is 0. The largest absolute Gasteiger partial charge is 0.497 e. The van der Waals surface area contributed by atoms with Crippen molar-refractivity contribution in [3.8, 4) is 5.75 Å². The third kappa shape index (κ3) is 3.74. The Kier molecular flexibility index (Phi) is 5.08. The number of nitrogens with one attached hydrogen (secondary N) is 2. The molecule has 4 aromatic rings. The molecule has 29 heavy (non-hydrogen) atoms. The number of nitrogens with zero attached hydrogens (tertiary/aromatic N) is 2. The number of amides is 1. The minimum atomic E-state index is -0.174. The number of hydrogen-bond acceptors (Lipinski definition) is 3. The molecule has 2 heterocycles. The van der Waals surface area contributed by atoms with Crippen LogP contribution in [0.15, 0.2) is 60.8 Å². The Bertz CT molecular complexity index is 1120. The van der Waals surface area contributed by atoms with Crippen LogP contribution in [-0.4, -0.2) is 34.3 Å². The number of para-hydroxylation sites is 1. The second kappa shape index (κ2) is 7.83. The number of ether oxygens (including phenoxy) is 1. The molecule has 4 rings (SSSR count). The molecule has 6 heteroatoms. The highest BCUT2D eigenvalue weighted by Gasteiger charge is 2.20. The van der Waals surface area contributed by atoms with Gasteiger partial charge in [-0.25, -0.2) is 0 Å². The van der Waals surface area contributed by atoms with Crippen molar-refractivity contribution in [3.63, 3.8) is 0 Å². The standard InChI is InChI=1S/C23H24N4O2/c1-15-12-22(26-27(15)2)23(28)25-13-19(16-8-10-17(29-3)11-9-16)20-14-24-21-7-5-4-6-18(20)21/h4-12,14,19,24H,13H2,1-3H3,(H,25,28). The van der Waals surface area contributed by atoms with Crippen LogP contribution in [0.3, 0.4) is 0 Å². The van der Waals surface area contributed by atoms with Gasteiger partial charge in [-0.2, -0.15) is 5.10 Å². The zero-order valence-electron chi connectivity index (χ0n) is 16.8. The summed E-state index contributed by atoms with van der Waals surface area (Å²) in [6.45, 7) is 2.39. The van der Waals surface area contributed by atoms with Crippen molar-refractivity contribution in [2.45, 2.75) is 12.8 Å². The van der Waals surface area contributed by atoms with E-state index >= 15 is 0 Å². The zero-order valence-corrected chi connectivity index (χ0v) is 16.8. The third-order valence-corrected chi connectivity index (χ3v) is 5.33. The highest BCUT2D eigenvalue weighted by molar-refractivity contribution is 5.92. The van der Waals surface area contributed by atoms with Crippen LogP contribution >= 0.6 is 0 Å². The highest BCUT2D eigenvalue weighted by Crippen LogP contribution is 2.31. The Morgan fingerprint density at radius 3 is 2.66 bits per heavy atom. The zero-order chi connectivity index (χ0) is 20.4. The highest BCUT2D eigenvalue weighted by atomic mass is 16.5. The molecule has 0 aliphatic heterocycles. The van der Waals surface area contributed by atoms with Crippen LogP contribution in [0.2, 0.25) is 0 Å². The minimum Gasteiger partial charge on any atom is -0.497 e. The first kappa shape index (κ1) is 18.8. The van der Waals surface area contributed by atoms with Gasteiger partial charge in [-0.1, -0.05) is 30.3 Å². The predicted octanol–water partition coefficient (Wildman–Crippen LogP) is 3.78. The van der Waals surface area contributed by atoms with E-state index < -0.39 is 0 Å². The van der Waals surface area contributed by atoms with Crippen molar-refractivity contribution < 1.29 is 9.53 Å². The molecule has 2 N–H and O–H groups in total. The SMILES string of the molecule is COc1ccc(C(CNC(=O)c2cc(C)n(C)n2)c2c[nH]c3ccccc23)cc1. The molecular formula is C23H24N4O2. The molecule has 6 nitrogen and oxygen atoms in total. The van der Waals surface area contributed by atoms with E-state index in [9.17, 15) is 4.79 Å². The van der Waals surface area contributed by atoms with Gasteiger partial charge in [0.1, 0.15) is 11.4 Å². The van der Waals surface area contributed by atoms with Crippen molar-refractivity contribution >= 4 is 16.8 Å². The number of aryl methyl sites for hydroxylation is 2. The molecule has 0 bridgehead atoms. The molecule has 0 aliphatic rings. The first-order valence-corrected chi connectivity index (χ1v) is 9.55. The smallest absolute Gasteiger partial charge is 0.271 e. The number of aromatic nitrogens is 3. The summed E-state index contributed by atoms with van der Waals surface area (Å²) in [7, 11) is 3.49. The van der Waals surface area contributed by atoms with E-state index in [4.69, 9.17) is 4.74 Å². The van der Waals surface area contributed by atoms with Gasteiger partial charge in [0.05, 0.1) is 7.11 Å². The van der Waals surface area contributed by atoms with Gasteiger partial charge >= 0.3 is 0 Å². The predicted molar refractivity (Wildman–Crippen MR) is 113 cm³/mol. The fraction of sp³-hybridized carbons (Fsp3) is 0.217. The molecule has 0 saturated carbocycles. The van der Waals surface area contributed by atoms with Gasteiger partial charge in [-0.3, -0.25) is 9.48 Å². The van der Waals surface area contributed by atoms with E-state index in [1.54, 1.807) is 17.9 Å². The molecule has 0 spiro atoms. The number of hydrogen-bond donors (Lipinski definition) is 2. The number of rotatable bonds is 6. The first-order valence-electron chi connectivity index (χ1n) is 9.55. The number of fused-ring (bicyclic) bond motifs is 1. The summed E-state index contributed by atoms with van der Waals surface area (Å²) < 4.78 is 7.00. The lowest BCUT2D eigenvalue weighted by molar-refractivity contribution is 0.0946. The summed E-state index contributed by atoms with van der Waals surface area (Å²) in [6, 6.07) is 18.0. The summed E-state index contributed by atoms with van der Waals surface area (Å²) in [6.07, 6.45) is 2.02. The van der Waals surface area contributed by atoms with Crippen LogP contribution in [0.1, 0.15) is 33.2 Å². The van der Waals surface area contributed by atoms with Crippen LogP contribution < -0.4 is 10.1 Å². The first-order chi connectivity index (χ1) is 14.1. The summed E-state index contributed by atoms with van der Waals surface area (Å²) in [4.78, 5) is 16.0. The lowest BCUT2D eigenvalue weighted by Crippen LogP contribution is -2.29. The average Bonchev–Trinajstić information content (AvgIpc) is 3.32. The van der Waals surface area contributed by atoms with E-state index in [2.05, 4.69) is 27.5 Å². The van der Waals surface area contributed by atoms with Gasteiger partial charge in [0, 0.05) is 42.3 Å². The Balaban J connectivity index is 1.65. The number of aromatic amines is 1.